The molecule has 2 N–H and O–H groups in total. The van der Waals surface area contributed by atoms with Gasteiger partial charge in [-0.3, -0.25) is 10.1 Å². The predicted octanol–water partition coefficient (Wildman–Crippen LogP) is 2.46. The fraction of sp³-hybridized carbons (Fsp3) is 0.154. The molecule has 0 fully saturated rings. The summed E-state index contributed by atoms with van der Waals surface area (Å²) >= 11 is 0. The van der Waals surface area contributed by atoms with E-state index in [2.05, 4.69) is 4.98 Å². The van der Waals surface area contributed by atoms with E-state index in [0.717, 1.165) is 5.56 Å². The molecule has 6 heteroatoms. The number of pyridine rings is 1. The van der Waals surface area contributed by atoms with Crippen molar-refractivity contribution in [1.29, 1.82) is 0 Å². The highest BCUT2D eigenvalue weighted by molar-refractivity contribution is 5.48. The van der Waals surface area contributed by atoms with Gasteiger partial charge >= 0.3 is 5.69 Å². The fourth-order valence-corrected chi connectivity index (χ4v) is 1.62. The molecule has 0 bridgehead atoms. The Hall–Kier alpha value is -2.63. The molecule has 0 saturated carbocycles. The Morgan fingerprint density at radius 1 is 1.42 bits per heavy atom. The third-order valence-electron chi connectivity index (χ3n) is 2.62. The molecule has 0 atom stereocenters. The van der Waals surface area contributed by atoms with Crippen LogP contribution in [0.25, 0.3) is 0 Å². The second-order valence-electron chi connectivity index (χ2n) is 4.06. The third-order valence-corrected chi connectivity index (χ3v) is 2.62. The molecule has 98 valence electrons. The zero-order chi connectivity index (χ0) is 13.8. The zero-order valence-corrected chi connectivity index (χ0v) is 10.4. The Bertz CT molecular complexity index is 614. The van der Waals surface area contributed by atoms with E-state index in [0.29, 0.717) is 11.4 Å². The molecule has 0 aliphatic heterocycles. The van der Waals surface area contributed by atoms with Crippen molar-refractivity contribution < 1.29 is 9.66 Å². The Balaban J connectivity index is 2.20. The van der Waals surface area contributed by atoms with Gasteiger partial charge in [0.15, 0.2) is 5.75 Å². The minimum absolute atomic E-state index is 0.0533. The smallest absolute Gasteiger partial charge is 0.311 e. The lowest BCUT2D eigenvalue weighted by molar-refractivity contribution is -0.386. The van der Waals surface area contributed by atoms with Crippen LogP contribution in [-0.4, -0.2) is 9.91 Å². The summed E-state index contributed by atoms with van der Waals surface area (Å²) in [7, 11) is 0. The van der Waals surface area contributed by atoms with Gasteiger partial charge in [0.05, 0.1) is 4.92 Å². The van der Waals surface area contributed by atoms with Gasteiger partial charge in [-0.25, -0.2) is 4.98 Å². The van der Waals surface area contributed by atoms with Crippen LogP contribution >= 0.6 is 0 Å². The Labute approximate surface area is 110 Å². The van der Waals surface area contributed by atoms with Crippen molar-refractivity contribution in [3.05, 3.63) is 57.8 Å². The van der Waals surface area contributed by atoms with E-state index in [-0.39, 0.29) is 18.0 Å². The summed E-state index contributed by atoms with van der Waals surface area (Å²) < 4.78 is 5.46. The maximum atomic E-state index is 10.9. The maximum absolute atomic E-state index is 10.9. The van der Waals surface area contributed by atoms with Crippen molar-refractivity contribution in [3.63, 3.8) is 0 Å². The van der Waals surface area contributed by atoms with Gasteiger partial charge in [0.25, 0.3) is 0 Å². The fourth-order valence-electron chi connectivity index (χ4n) is 1.62. The molecule has 6 nitrogen and oxygen atoms in total. The molecule has 0 aliphatic rings. The lowest BCUT2D eigenvalue weighted by atomic mass is 10.2. The van der Waals surface area contributed by atoms with Crippen LogP contribution in [0.1, 0.15) is 11.1 Å². The molecule has 0 spiro atoms. The number of anilines is 1. The average Bonchev–Trinajstić information content (AvgIpc) is 2.38. The number of nitrogen functional groups attached to an aromatic ring is 1. The maximum Gasteiger partial charge on any atom is 0.311 e. The summed E-state index contributed by atoms with van der Waals surface area (Å²) in [4.78, 5) is 14.4. The van der Waals surface area contributed by atoms with E-state index in [4.69, 9.17) is 10.5 Å². The van der Waals surface area contributed by atoms with Crippen molar-refractivity contribution in [3.8, 4) is 5.75 Å². The minimum Gasteiger partial charge on any atom is -0.482 e. The number of aryl methyl sites for hydroxylation is 1. The molecule has 0 saturated heterocycles. The first-order valence-electron chi connectivity index (χ1n) is 5.65. The van der Waals surface area contributed by atoms with Gasteiger partial charge in [0.2, 0.25) is 0 Å². The van der Waals surface area contributed by atoms with Crippen molar-refractivity contribution in [2.24, 2.45) is 0 Å². The first-order chi connectivity index (χ1) is 9.08. The van der Waals surface area contributed by atoms with Crippen LogP contribution in [0, 0.1) is 17.0 Å². The second kappa shape index (κ2) is 5.34. The van der Waals surface area contributed by atoms with E-state index >= 15 is 0 Å². The summed E-state index contributed by atoms with van der Waals surface area (Å²) in [5.41, 5.74) is 7.13. The molecular formula is C13H13N3O3. The second-order valence-corrected chi connectivity index (χ2v) is 4.06. The molecule has 0 amide bonds. The van der Waals surface area contributed by atoms with E-state index in [1.54, 1.807) is 37.4 Å². The Morgan fingerprint density at radius 2 is 2.21 bits per heavy atom. The number of nitrogens with two attached hydrogens (primary N) is 1. The zero-order valence-electron chi connectivity index (χ0n) is 10.4. The Morgan fingerprint density at radius 3 is 2.89 bits per heavy atom. The van der Waals surface area contributed by atoms with Gasteiger partial charge in [0, 0.05) is 17.8 Å². The van der Waals surface area contributed by atoms with Gasteiger partial charge < -0.3 is 10.5 Å². The molecule has 0 radical (unpaired) electrons. The number of nitro benzene ring substituents is 1. The van der Waals surface area contributed by atoms with Crippen LogP contribution in [0.5, 0.6) is 5.75 Å². The summed E-state index contributed by atoms with van der Waals surface area (Å²) in [6, 6.07) is 8.32. The lowest BCUT2D eigenvalue weighted by Crippen LogP contribution is -2.03. The number of nitrogens with zero attached hydrogens (tertiary/aromatic N) is 2. The van der Waals surface area contributed by atoms with Crippen LogP contribution in [0.4, 0.5) is 11.5 Å². The highest BCUT2D eigenvalue weighted by Crippen LogP contribution is 2.28. The van der Waals surface area contributed by atoms with Crippen LogP contribution in [0.2, 0.25) is 0 Å². The number of rotatable bonds is 4. The minimum atomic E-state index is -0.463. The highest BCUT2D eigenvalue weighted by Gasteiger charge is 2.15. The number of aromatic nitrogens is 1. The number of hydrogen-bond donors (Lipinski definition) is 1. The third kappa shape index (κ3) is 2.98. The van der Waals surface area contributed by atoms with Crippen LogP contribution < -0.4 is 10.5 Å². The molecule has 1 aromatic heterocycles. The van der Waals surface area contributed by atoms with Crippen molar-refractivity contribution in [2.45, 2.75) is 13.5 Å². The van der Waals surface area contributed by atoms with Crippen molar-refractivity contribution >= 4 is 11.5 Å². The molecule has 1 aromatic carbocycles. The summed E-state index contributed by atoms with van der Waals surface area (Å²) in [5.74, 6) is 0.580. The van der Waals surface area contributed by atoms with Gasteiger partial charge in [-0.15, -0.1) is 0 Å². The largest absolute Gasteiger partial charge is 0.482 e. The molecule has 19 heavy (non-hydrogen) atoms. The topological polar surface area (TPSA) is 91.3 Å². The number of nitro groups is 1. The summed E-state index contributed by atoms with van der Waals surface area (Å²) in [5, 5.41) is 10.9. The first kappa shape index (κ1) is 12.8. The number of hydrogen-bond acceptors (Lipinski definition) is 5. The van der Waals surface area contributed by atoms with Gasteiger partial charge in [-0.1, -0.05) is 12.1 Å². The van der Waals surface area contributed by atoms with E-state index < -0.39 is 4.92 Å². The average molecular weight is 259 g/mol. The predicted molar refractivity (Wildman–Crippen MR) is 70.8 cm³/mol. The molecule has 0 unspecified atom stereocenters. The lowest BCUT2D eigenvalue weighted by Gasteiger charge is -2.08. The Kier molecular flexibility index (Phi) is 3.61. The SMILES string of the molecule is Cc1ccc(OCc2cccnc2N)c([N+](=O)[O-])c1. The summed E-state index contributed by atoms with van der Waals surface area (Å²) in [6.45, 7) is 1.93. The van der Waals surface area contributed by atoms with Crippen LogP contribution in [0.15, 0.2) is 36.5 Å². The number of ether oxygens (including phenoxy) is 1. The normalized spacial score (nSPS) is 10.2. The molecule has 2 aromatic rings. The van der Waals surface area contributed by atoms with E-state index in [1.807, 2.05) is 0 Å². The first-order valence-corrected chi connectivity index (χ1v) is 5.65. The summed E-state index contributed by atoms with van der Waals surface area (Å²) in [6.07, 6.45) is 1.58. The molecule has 0 aliphatic carbocycles. The standard InChI is InChI=1S/C13H13N3O3/c1-9-4-5-12(11(7-9)16(17)18)19-8-10-3-2-6-15-13(10)14/h2-7H,8H2,1H3,(H2,14,15). The highest BCUT2D eigenvalue weighted by atomic mass is 16.6. The van der Waals surface area contributed by atoms with Crippen LogP contribution in [-0.2, 0) is 6.61 Å². The quantitative estimate of drug-likeness (QED) is 0.672. The molecule has 2 rings (SSSR count). The van der Waals surface area contributed by atoms with Gasteiger partial charge in [-0.2, -0.15) is 0 Å². The monoisotopic (exact) mass is 259 g/mol. The van der Waals surface area contributed by atoms with Crippen LogP contribution in [0.3, 0.4) is 0 Å². The van der Waals surface area contributed by atoms with E-state index in [9.17, 15) is 10.1 Å². The van der Waals surface area contributed by atoms with Gasteiger partial charge in [0.1, 0.15) is 12.4 Å². The van der Waals surface area contributed by atoms with Gasteiger partial charge in [-0.05, 0) is 24.6 Å². The number of benzene rings is 1. The van der Waals surface area contributed by atoms with E-state index in [1.165, 1.54) is 6.07 Å². The van der Waals surface area contributed by atoms with Crippen molar-refractivity contribution in [1.82, 2.24) is 4.98 Å². The molecule has 1 heterocycles. The van der Waals surface area contributed by atoms with Crippen molar-refractivity contribution in [2.75, 3.05) is 5.73 Å². The molecular weight excluding hydrogens is 246 g/mol.